The molecule has 1 aliphatic heterocycles. The predicted molar refractivity (Wildman–Crippen MR) is 125 cm³/mol. The minimum absolute atomic E-state index is 0.157. The van der Waals surface area contributed by atoms with E-state index < -0.39 is 18.8 Å². The number of H-pyrrole nitrogens is 1. The molecule has 9 heteroatoms. The van der Waals surface area contributed by atoms with Crippen LogP contribution in [0.1, 0.15) is 28.4 Å². The predicted octanol–water partition coefficient (Wildman–Crippen LogP) is 3.79. The van der Waals surface area contributed by atoms with Crippen LogP contribution in [-0.2, 0) is 11.3 Å². The molecule has 0 aliphatic carbocycles. The van der Waals surface area contributed by atoms with Crippen molar-refractivity contribution in [3.8, 4) is 0 Å². The second-order valence-electron chi connectivity index (χ2n) is 8.20. The number of fused-ring (bicyclic) bond motifs is 3. The summed E-state index contributed by atoms with van der Waals surface area (Å²) in [5, 5.41) is 20.5. The first kappa shape index (κ1) is 17.5. The quantitative estimate of drug-likeness (QED) is 0.409. The number of aromatic nitrogens is 4. The summed E-state index contributed by atoms with van der Waals surface area (Å²) in [6, 6.07) is 9.20. The fraction of sp³-hybridized carbons (Fsp3) is 0.304. The Morgan fingerprint density at radius 3 is 3.09 bits per heavy atom. The van der Waals surface area contributed by atoms with Crippen molar-refractivity contribution in [3.63, 3.8) is 0 Å². The third-order valence-electron chi connectivity index (χ3n) is 5.91. The van der Waals surface area contributed by atoms with Gasteiger partial charge in [-0.25, -0.2) is 4.98 Å². The van der Waals surface area contributed by atoms with E-state index in [1.165, 1.54) is 0 Å². The Bertz CT molecular complexity index is 1340. The van der Waals surface area contributed by atoms with E-state index in [-0.39, 0.29) is 6.61 Å². The Morgan fingerprint density at radius 2 is 2.31 bits per heavy atom. The van der Waals surface area contributed by atoms with E-state index in [2.05, 4.69) is 20.4 Å². The third kappa shape index (κ3) is 3.50. The summed E-state index contributed by atoms with van der Waals surface area (Å²) >= 11 is 6.68. The highest BCUT2D eigenvalue weighted by Crippen LogP contribution is 2.45. The second-order valence-corrected chi connectivity index (χ2v) is 8.61. The lowest BCUT2D eigenvalue weighted by Gasteiger charge is -2.49. The number of benzene rings is 1. The van der Waals surface area contributed by atoms with Gasteiger partial charge in [0, 0.05) is 48.1 Å². The van der Waals surface area contributed by atoms with Crippen LogP contribution in [-0.4, -0.2) is 50.6 Å². The fourth-order valence-electron chi connectivity index (χ4n) is 4.32. The van der Waals surface area contributed by atoms with E-state index in [1.54, 1.807) is 40.3 Å². The first-order valence-electron chi connectivity index (χ1n) is 11.7. The molecule has 166 valence electrons. The summed E-state index contributed by atoms with van der Waals surface area (Å²) in [5.41, 5.74) is 2.54. The number of pyridine rings is 1. The third-order valence-corrected chi connectivity index (χ3v) is 6.24. The smallest absolute Gasteiger partial charge is 0.155 e. The molecule has 2 unspecified atom stereocenters. The molecule has 0 bridgehead atoms. The van der Waals surface area contributed by atoms with Crippen LogP contribution in [0.5, 0.6) is 0 Å². The second kappa shape index (κ2) is 8.12. The summed E-state index contributed by atoms with van der Waals surface area (Å²) in [6.45, 7) is 2.55. The zero-order chi connectivity index (χ0) is 24.8. The fourth-order valence-corrected chi connectivity index (χ4v) is 4.62. The van der Waals surface area contributed by atoms with Crippen LogP contribution < -0.4 is 10.2 Å². The number of hydrogen-bond acceptors (Lipinski definition) is 6. The van der Waals surface area contributed by atoms with Gasteiger partial charge in [-0.05, 0) is 30.7 Å². The lowest BCUT2D eigenvalue weighted by molar-refractivity contribution is 0.0886. The maximum absolute atomic E-state index is 11.8. The van der Waals surface area contributed by atoms with Crippen molar-refractivity contribution >= 4 is 34.0 Å². The van der Waals surface area contributed by atoms with Crippen molar-refractivity contribution in [2.75, 3.05) is 30.4 Å². The number of halogens is 1. The van der Waals surface area contributed by atoms with Crippen LogP contribution in [0.2, 0.25) is 5.02 Å². The number of aliphatic hydroxyl groups excluding tert-OH is 1. The Hall–Kier alpha value is -3.07. The SMILES string of the molecule is [2H]C([2H])([2H])OCC1(C)CNc2cnc3[nH]ccc3c2N1C(O)c1ccc(Cn2cccn2)cc1Cl. The number of rotatable bonds is 6. The van der Waals surface area contributed by atoms with Gasteiger partial charge in [0.25, 0.3) is 0 Å². The largest absolute Gasteiger partial charge is 0.382 e. The lowest BCUT2D eigenvalue weighted by Crippen LogP contribution is -2.58. The van der Waals surface area contributed by atoms with Crippen LogP contribution in [0, 0.1) is 0 Å². The molecule has 5 rings (SSSR count). The van der Waals surface area contributed by atoms with Gasteiger partial charge in [0.05, 0.1) is 40.4 Å². The topological polar surface area (TPSA) is 91.2 Å². The van der Waals surface area contributed by atoms with Gasteiger partial charge in [0.15, 0.2) is 6.23 Å². The van der Waals surface area contributed by atoms with Crippen molar-refractivity contribution in [1.82, 2.24) is 19.7 Å². The molecule has 0 fully saturated rings. The van der Waals surface area contributed by atoms with Gasteiger partial charge >= 0.3 is 0 Å². The average Bonchev–Trinajstić information content (AvgIpc) is 3.49. The Balaban J connectivity index is 1.57. The number of anilines is 2. The van der Waals surface area contributed by atoms with E-state index in [9.17, 15) is 5.11 Å². The molecular weight excluding hydrogens is 428 g/mol. The lowest BCUT2D eigenvalue weighted by atomic mass is 9.93. The number of ether oxygens (including phenoxy) is 1. The summed E-state index contributed by atoms with van der Waals surface area (Å²) < 4.78 is 29.6. The first-order chi connectivity index (χ1) is 16.6. The Morgan fingerprint density at radius 1 is 1.41 bits per heavy atom. The molecule has 0 saturated heterocycles. The Kier molecular flexibility index (Phi) is 4.44. The van der Waals surface area contributed by atoms with E-state index in [4.69, 9.17) is 20.5 Å². The number of nitrogens with zero attached hydrogens (tertiary/aromatic N) is 4. The molecule has 4 heterocycles. The molecule has 3 aromatic heterocycles. The first-order valence-corrected chi connectivity index (χ1v) is 10.6. The van der Waals surface area contributed by atoms with Gasteiger partial charge in [0.1, 0.15) is 5.65 Å². The standard InChI is InChI=1S/C23H25ClN6O2/c1-23(14-32-2)13-27-19-11-26-21-17(6-8-25-21)20(19)30(23)22(31)16-5-4-15(10-18(16)24)12-29-9-3-7-28-29/h3-11,22,27,31H,12-14H2,1-2H3,(H,25,26)/i2D3. The van der Waals surface area contributed by atoms with Crippen molar-refractivity contribution < 1.29 is 14.0 Å². The minimum Gasteiger partial charge on any atom is -0.382 e. The number of aromatic amines is 1. The maximum Gasteiger partial charge on any atom is 0.155 e. The monoisotopic (exact) mass is 455 g/mol. The van der Waals surface area contributed by atoms with Crippen molar-refractivity contribution in [2.45, 2.75) is 25.2 Å². The molecule has 2 atom stereocenters. The molecule has 0 saturated carbocycles. The molecule has 1 aromatic carbocycles. The van der Waals surface area contributed by atoms with Crippen LogP contribution in [0.25, 0.3) is 11.0 Å². The summed E-state index contributed by atoms with van der Waals surface area (Å²) in [6.07, 6.45) is 5.84. The number of aliphatic hydroxyl groups is 1. The van der Waals surface area contributed by atoms with Crippen molar-refractivity contribution in [3.05, 3.63) is 71.3 Å². The molecule has 0 radical (unpaired) electrons. The van der Waals surface area contributed by atoms with Crippen LogP contribution >= 0.6 is 11.6 Å². The molecule has 3 N–H and O–H groups in total. The molecule has 8 nitrogen and oxygen atoms in total. The summed E-state index contributed by atoms with van der Waals surface area (Å²) in [7, 11) is -2.58. The number of nitrogens with one attached hydrogen (secondary N) is 2. The summed E-state index contributed by atoms with van der Waals surface area (Å²) in [4.78, 5) is 9.30. The molecule has 32 heavy (non-hydrogen) atoms. The van der Waals surface area contributed by atoms with Gasteiger partial charge < -0.3 is 25.0 Å². The van der Waals surface area contributed by atoms with Gasteiger partial charge in [-0.15, -0.1) is 0 Å². The van der Waals surface area contributed by atoms with E-state index in [0.29, 0.717) is 40.7 Å². The zero-order valence-corrected chi connectivity index (χ0v) is 18.2. The highest BCUT2D eigenvalue weighted by Gasteiger charge is 2.42. The Labute approximate surface area is 195 Å². The van der Waals surface area contributed by atoms with E-state index in [0.717, 1.165) is 10.9 Å². The molecular formula is C23H25ClN6O2. The van der Waals surface area contributed by atoms with E-state index >= 15 is 0 Å². The van der Waals surface area contributed by atoms with Gasteiger partial charge in [0.2, 0.25) is 0 Å². The number of hydrogen-bond donors (Lipinski definition) is 3. The molecule has 0 amide bonds. The zero-order valence-electron chi connectivity index (χ0n) is 20.4. The minimum atomic E-state index is -2.58. The summed E-state index contributed by atoms with van der Waals surface area (Å²) in [5.74, 6) is 0. The van der Waals surface area contributed by atoms with Crippen LogP contribution in [0.3, 0.4) is 0 Å². The number of methoxy groups -OCH3 is 1. The normalized spacial score (nSPS) is 20.8. The van der Waals surface area contributed by atoms with Crippen LogP contribution in [0.15, 0.2) is 55.1 Å². The molecule has 0 spiro atoms. The highest BCUT2D eigenvalue weighted by atomic mass is 35.5. The van der Waals surface area contributed by atoms with Gasteiger partial charge in [-0.2, -0.15) is 5.10 Å². The highest BCUT2D eigenvalue weighted by molar-refractivity contribution is 6.31. The van der Waals surface area contributed by atoms with Crippen molar-refractivity contribution in [2.24, 2.45) is 0 Å². The maximum atomic E-state index is 11.8. The average molecular weight is 456 g/mol. The van der Waals surface area contributed by atoms with Gasteiger partial charge in [-0.3, -0.25) is 4.68 Å². The van der Waals surface area contributed by atoms with Gasteiger partial charge in [-0.1, -0.05) is 23.7 Å². The van der Waals surface area contributed by atoms with E-state index in [1.807, 2.05) is 31.3 Å². The molecule has 1 aliphatic rings. The van der Waals surface area contributed by atoms with Crippen LogP contribution in [0.4, 0.5) is 11.4 Å². The molecule has 4 aromatic rings. The van der Waals surface area contributed by atoms with Crippen molar-refractivity contribution in [1.29, 1.82) is 0 Å².